The lowest BCUT2D eigenvalue weighted by molar-refractivity contribution is -0.127. The molecule has 17 heavy (non-hydrogen) atoms. The Kier molecular flexibility index (Phi) is 4.78. The predicted molar refractivity (Wildman–Crippen MR) is 69.3 cm³/mol. The van der Waals surface area contributed by atoms with Gasteiger partial charge in [-0.2, -0.15) is 0 Å². The van der Waals surface area contributed by atoms with Crippen molar-refractivity contribution in [3.05, 3.63) is 28.8 Å². The van der Waals surface area contributed by atoms with Crippen LogP contribution in [0.4, 0.5) is 5.69 Å². The molecule has 0 fully saturated rings. The quantitative estimate of drug-likeness (QED) is 0.885. The molecule has 0 saturated carbocycles. The Morgan fingerprint density at radius 1 is 1.35 bits per heavy atom. The number of nitrogens with zero attached hydrogens (tertiary/aromatic N) is 2. The first-order chi connectivity index (χ1) is 7.95. The first-order valence-corrected chi connectivity index (χ1v) is 5.64. The summed E-state index contributed by atoms with van der Waals surface area (Å²) in [5, 5.41) is 9.83. The van der Waals surface area contributed by atoms with Crippen LogP contribution >= 0.6 is 11.6 Å². The Morgan fingerprint density at radius 2 is 2.00 bits per heavy atom. The highest BCUT2D eigenvalue weighted by atomic mass is 35.5. The van der Waals surface area contributed by atoms with Crippen LogP contribution in [0.1, 0.15) is 5.56 Å². The van der Waals surface area contributed by atoms with Crippen molar-refractivity contribution in [3.8, 4) is 0 Å². The van der Waals surface area contributed by atoms with Gasteiger partial charge in [-0.1, -0.05) is 11.6 Å². The van der Waals surface area contributed by atoms with Crippen LogP contribution in [0.15, 0.2) is 18.2 Å². The maximum atomic E-state index is 11.6. The number of amides is 1. The minimum absolute atomic E-state index is 0.00587. The largest absolute Gasteiger partial charge is 0.392 e. The van der Waals surface area contributed by atoms with Crippen LogP contribution < -0.4 is 4.90 Å². The minimum atomic E-state index is -0.101. The third-order valence-electron chi connectivity index (χ3n) is 2.49. The van der Waals surface area contributed by atoms with Gasteiger partial charge >= 0.3 is 0 Å². The summed E-state index contributed by atoms with van der Waals surface area (Å²) in [6, 6.07) is 5.25. The molecule has 0 atom stereocenters. The van der Waals surface area contributed by atoms with Crippen molar-refractivity contribution in [2.24, 2.45) is 0 Å². The summed E-state index contributed by atoms with van der Waals surface area (Å²) in [5.74, 6) is 0.00587. The van der Waals surface area contributed by atoms with Gasteiger partial charge in [-0.3, -0.25) is 4.79 Å². The molecule has 0 aliphatic carbocycles. The fourth-order valence-electron chi connectivity index (χ4n) is 1.48. The molecule has 0 bridgehead atoms. The highest BCUT2D eigenvalue weighted by Gasteiger charge is 2.12. The van der Waals surface area contributed by atoms with Crippen molar-refractivity contribution in [1.29, 1.82) is 0 Å². The van der Waals surface area contributed by atoms with Crippen LogP contribution in [-0.2, 0) is 11.4 Å². The second kappa shape index (κ2) is 5.89. The van der Waals surface area contributed by atoms with Gasteiger partial charge in [0.2, 0.25) is 5.91 Å². The van der Waals surface area contributed by atoms with E-state index in [9.17, 15) is 9.90 Å². The number of hydrogen-bond donors (Lipinski definition) is 1. The molecule has 4 nitrogen and oxygen atoms in total. The molecule has 1 amide bonds. The number of likely N-dealkylation sites (N-methyl/N-ethyl adjacent to an activating group) is 2. The monoisotopic (exact) mass is 256 g/mol. The number of carbonyl (C=O) groups excluding carboxylic acids is 1. The van der Waals surface area contributed by atoms with E-state index in [-0.39, 0.29) is 19.1 Å². The second-order valence-corrected chi connectivity index (χ2v) is 4.51. The van der Waals surface area contributed by atoms with E-state index in [0.29, 0.717) is 10.6 Å². The predicted octanol–water partition coefficient (Wildman–Crippen LogP) is 1.36. The van der Waals surface area contributed by atoms with Crippen molar-refractivity contribution >= 4 is 23.2 Å². The molecule has 1 aromatic rings. The van der Waals surface area contributed by atoms with Crippen molar-refractivity contribution < 1.29 is 9.90 Å². The Hall–Kier alpha value is -1.26. The van der Waals surface area contributed by atoms with Crippen LogP contribution in [0.25, 0.3) is 0 Å². The summed E-state index contributed by atoms with van der Waals surface area (Å²) in [7, 11) is 5.24. The van der Waals surface area contributed by atoms with Crippen molar-refractivity contribution in [1.82, 2.24) is 4.90 Å². The summed E-state index contributed by atoms with van der Waals surface area (Å²) in [6.45, 7) is 0.165. The van der Waals surface area contributed by atoms with E-state index in [0.717, 1.165) is 5.69 Å². The Morgan fingerprint density at radius 3 is 2.53 bits per heavy atom. The first-order valence-electron chi connectivity index (χ1n) is 5.26. The fraction of sp³-hybridized carbons (Fsp3) is 0.417. The number of halogens is 1. The first kappa shape index (κ1) is 13.8. The highest BCUT2D eigenvalue weighted by Crippen LogP contribution is 2.23. The standard InChI is InChI=1S/C12H17ClN2O2/c1-14(2)12(17)7-15(3)11-5-4-10(13)6-9(11)8-16/h4-6,16H,7-8H2,1-3H3. The lowest BCUT2D eigenvalue weighted by Gasteiger charge is -2.23. The number of carbonyl (C=O) groups is 1. The van der Waals surface area contributed by atoms with Crippen molar-refractivity contribution in [3.63, 3.8) is 0 Å². The molecule has 0 spiro atoms. The molecule has 5 heteroatoms. The zero-order chi connectivity index (χ0) is 13.0. The van der Waals surface area contributed by atoms with Gasteiger partial charge in [0, 0.05) is 37.4 Å². The number of rotatable bonds is 4. The molecule has 1 N–H and O–H groups in total. The second-order valence-electron chi connectivity index (χ2n) is 4.08. The van der Waals surface area contributed by atoms with Crippen LogP contribution in [-0.4, -0.2) is 43.6 Å². The number of aliphatic hydroxyl groups excluding tert-OH is 1. The summed E-state index contributed by atoms with van der Waals surface area (Å²) in [5.41, 5.74) is 1.53. The van der Waals surface area contributed by atoms with E-state index >= 15 is 0 Å². The third-order valence-corrected chi connectivity index (χ3v) is 2.73. The maximum Gasteiger partial charge on any atom is 0.241 e. The molecular weight excluding hydrogens is 240 g/mol. The molecule has 94 valence electrons. The number of aliphatic hydroxyl groups is 1. The van der Waals surface area contributed by atoms with Crippen LogP contribution in [0.3, 0.4) is 0 Å². The smallest absolute Gasteiger partial charge is 0.241 e. The topological polar surface area (TPSA) is 43.8 Å². The van der Waals surface area contributed by atoms with Crippen molar-refractivity contribution in [2.45, 2.75) is 6.61 Å². The van der Waals surface area contributed by atoms with Gasteiger partial charge < -0.3 is 14.9 Å². The Labute approximate surface area is 106 Å². The van der Waals surface area contributed by atoms with Gasteiger partial charge in [0.15, 0.2) is 0 Å². The molecule has 1 rings (SSSR count). The van der Waals surface area contributed by atoms with Gasteiger partial charge in [-0.05, 0) is 18.2 Å². The molecule has 0 radical (unpaired) electrons. The summed E-state index contributed by atoms with van der Waals surface area (Å²) < 4.78 is 0. The minimum Gasteiger partial charge on any atom is -0.392 e. The van der Waals surface area contributed by atoms with Gasteiger partial charge in [0.1, 0.15) is 0 Å². The highest BCUT2D eigenvalue weighted by molar-refractivity contribution is 6.30. The zero-order valence-corrected chi connectivity index (χ0v) is 11.0. The van der Waals surface area contributed by atoms with Crippen LogP contribution in [0.5, 0.6) is 0 Å². The molecule has 0 aliphatic rings. The van der Waals surface area contributed by atoms with Gasteiger partial charge in [0.05, 0.1) is 13.2 Å². The van der Waals surface area contributed by atoms with E-state index in [1.165, 1.54) is 4.90 Å². The van der Waals surface area contributed by atoms with E-state index in [1.807, 2.05) is 7.05 Å². The van der Waals surface area contributed by atoms with E-state index in [2.05, 4.69) is 0 Å². The van der Waals surface area contributed by atoms with Gasteiger partial charge in [-0.25, -0.2) is 0 Å². The summed E-state index contributed by atoms with van der Waals surface area (Å²) >= 11 is 5.85. The molecule has 0 aromatic heterocycles. The Bertz CT molecular complexity index is 407. The average molecular weight is 257 g/mol. The normalized spacial score (nSPS) is 10.2. The van der Waals surface area contributed by atoms with Crippen LogP contribution in [0.2, 0.25) is 5.02 Å². The van der Waals surface area contributed by atoms with Crippen LogP contribution in [0, 0.1) is 0 Å². The summed E-state index contributed by atoms with van der Waals surface area (Å²) in [4.78, 5) is 14.9. The summed E-state index contributed by atoms with van der Waals surface area (Å²) in [6.07, 6.45) is 0. The van der Waals surface area contributed by atoms with E-state index in [4.69, 9.17) is 11.6 Å². The number of benzene rings is 1. The van der Waals surface area contributed by atoms with E-state index < -0.39 is 0 Å². The SMILES string of the molecule is CN(C)C(=O)CN(C)c1ccc(Cl)cc1CO. The van der Waals surface area contributed by atoms with Gasteiger partial charge in [0.25, 0.3) is 0 Å². The van der Waals surface area contributed by atoms with Gasteiger partial charge in [-0.15, -0.1) is 0 Å². The lowest BCUT2D eigenvalue weighted by Crippen LogP contribution is -2.34. The third kappa shape index (κ3) is 3.61. The Balaban J connectivity index is 2.88. The molecule has 0 aliphatic heterocycles. The molecule has 1 aromatic carbocycles. The number of hydrogen-bond acceptors (Lipinski definition) is 3. The average Bonchev–Trinajstić information content (AvgIpc) is 2.28. The molecule has 0 saturated heterocycles. The fourth-order valence-corrected chi connectivity index (χ4v) is 1.68. The number of anilines is 1. The molecule has 0 heterocycles. The molecule has 0 unspecified atom stereocenters. The molecular formula is C12H17ClN2O2. The van der Waals surface area contributed by atoms with Crippen molar-refractivity contribution in [2.75, 3.05) is 32.6 Å². The maximum absolute atomic E-state index is 11.6. The lowest BCUT2D eigenvalue weighted by atomic mass is 10.1. The van der Waals surface area contributed by atoms with E-state index in [1.54, 1.807) is 37.2 Å². The zero-order valence-electron chi connectivity index (χ0n) is 10.3.